The number of piperidine rings is 1. The molecule has 0 bridgehead atoms. The minimum absolute atomic E-state index is 0.0661. The van der Waals surface area contributed by atoms with Gasteiger partial charge in [-0.2, -0.15) is 0 Å². The van der Waals surface area contributed by atoms with E-state index < -0.39 is 0 Å². The molecule has 142 valence electrons. The summed E-state index contributed by atoms with van der Waals surface area (Å²) in [6.07, 6.45) is 4.10. The van der Waals surface area contributed by atoms with E-state index in [-0.39, 0.29) is 11.8 Å². The van der Waals surface area contributed by atoms with E-state index >= 15 is 0 Å². The first-order valence-corrected chi connectivity index (χ1v) is 9.85. The van der Waals surface area contributed by atoms with Gasteiger partial charge in [-0.3, -0.25) is 9.59 Å². The largest absolute Gasteiger partial charge is 0.352 e. The Morgan fingerprint density at radius 3 is 2.44 bits per heavy atom. The second-order valence-corrected chi connectivity index (χ2v) is 7.42. The monoisotopic (exact) mass is 364 g/mol. The van der Waals surface area contributed by atoms with E-state index in [0.29, 0.717) is 23.6 Å². The van der Waals surface area contributed by atoms with Crippen molar-refractivity contribution in [3.63, 3.8) is 0 Å². The van der Waals surface area contributed by atoms with E-state index in [1.165, 1.54) is 12.0 Å². The van der Waals surface area contributed by atoms with Crippen LogP contribution >= 0.6 is 0 Å². The van der Waals surface area contributed by atoms with Crippen molar-refractivity contribution < 1.29 is 9.59 Å². The van der Waals surface area contributed by atoms with E-state index in [4.69, 9.17) is 0 Å². The molecule has 2 aromatic carbocycles. The van der Waals surface area contributed by atoms with Crippen LogP contribution in [0.25, 0.3) is 0 Å². The van der Waals surface area contributed by atoms with Crippen LogP contribution in [0.2, 0.25) is 0 Å². The molecule has 0 aromatic heterocycles. The highest BCUT2D eigenvalue weighted by Crippen LogP contribution is 2.18. The number of carbonyl (C=O) groups is 2. The number of nitrogens with one attached hydrogen (secondary N) is 1. The number of amides is 2. The van der Waals surface area contributed by atoms with Gasteiger partial charge in [0, 0.05) is 30.8 Å². The van der Waals surface area contributed by atoms with Crippen molar-refractivity contribution in [1.29, 1.82) is 0 Å². The summed E-state index contributed by atoms with van der Waals surface area (Å²) in [5, 5.41) is 2.95. The van der Waals surface area contributed by atoms with Gasteiger partial charge in [-0.15, -0.1) is 0 Å². The molecule has 4 heteroatoms. The Bertz CT molecular complexity index is 756. The highest BCUT2D eigenvalue weighted by molar-refractivity contribution is 5.97. The molecule has 0 radical (unpaired) electrons. The topological polar surface area (TPSA) is 49.4 Å². The molecule has 0 spiro atoms. The zero-order valence-electron chi connectivity index (χ0n) is 16.0. The molecule has 0 aliphatic carbocycles. The van der Waals surface area contributed by atoms with Crippen LogP contribution in [0.1, 0.15) is 52.5 Å². The maximum absolute atomic E-state index is 12.6. The summed E-state index contributed by atoms with van der Waals surface area (Å²) < 4.78 is 0. The molecule has 1 fully saturated rings. The van der Waals surface area contributed by atoms with Crippen LogP contribution in [0.3, 0.4) is 0 Å². The SMILES string of the molecule is CC1CCCN(C(=O)c2ccc(C(=O)NCCCc3ccccc3)cc2)C1. The Balaban J connectivity index is 1.47. The molecule has 2 amide bonds. The fraction of sp³-hybridized carbons (Fsp3) is 0.391. The van der Waals surface area contributed by atoms with Crippen molar-refractivity contribution in [2.24, 2.45) is 5.92 Å². The summed E-state index contributed by atoms with van der Waals surface area (Å²) in [5.41, 5.74) is 2.53. The maximum Gasteiger partial charge on any atom is 0.253 e. The van der Waals surface area contributed by atoms with Gasteiger partial charge in [0.25, 0.3) is 11.8 Å². The third-order valence-corrected chi connectivity index (χ3v) is 5.11. The lowest BCUT2D eigenvalue weighted by Gasteiger charge is -2.31. The molecule has 1 aliphatic rings. The normalized spacial score (nSPS) is 16.8. The number of rotatable bonds is 6. The fourth-order valence-corrected chi connectivity index (χ4v) is 3.56. The molecular formula is C23H28N2O2. The van der Waals surface area contributed by atoms with Crippen molar-refractivity contribution in [1.82, 2.24) is 10.2 Å². The number of likely N-dealkylation sites (tertiary alicyclic amines) is 1. The van der Waals surface area contributed by atoms with Gasteiger partial charge < -0.3 is 10.2 Å². The molecule has 1 saturated heterocycles. The smallest absolute Gasteiger partial charge is 0.253 e. The van der Waals surface area contributed by atoms with Gasteiger partial charge in [-0.1, -0.05) is 37.3 Å². The van der Waals surface area contributed by atoms with E-state index in [0.717, 1.165) is 32.4 Å². The van der Waals surface area contributed by atoms with Crippen molar-refractivity contribution in [2.45, 2.75) is 32.6 Å². The standard InChI is InChI=1S/C23H28N2O2/c1-18-7-6-16-25(17-18)23(27)21-13-11-20(12-14-21)22(26)24-15-5-10-19-8-3-2-4-9-19/h2-4,8-9,11-14,18H,5-7,10,15-17H2,1H3,(H,24,26). The number of aryl methyl sites for hydroxylation is 1. The Kier molecular flexibility index (Phi) is 6.64. The highest BCUT2D eigenvalue weighted by atomic mass is 16.2. The zero-order chi connectivity index (χ0) is 19.1. The van der Waals surface area contributed by atoms with Crippen LogP contribution in [0.5, 0.6) is 0 Å². The van der Waals surface area contributed by atoms with Crippen molar-refractivity contribution in [2.75, 3.05) is 19.6 Å². The summed E-state index contributed by atoms with van der Waals surface area (Å²) in [6.45, 7) is 4.47. The van der Waals surface area contributed by atoms with Gasteiger partial charge in [0.15, 0.2) is 0 Å². The number of nitrogens with zero attached hydrogens (tertiary/aromatic N) is 1. The lowest BCUT2D eigenvalue weighted by molar-refractivity contribution is 0.0682. The molecule has 1 N–H and O–H groups in total. The quantitative estimate of drug-likeness (QED) is 0.790. The third kappa shape index (κ3) is 5.43. The molecular weight excluding hydrogens is 336 g/mol. The Morgan fingerprint density at radius 1 is 1.04 bits per heavy atom. The molecule has 27 heavy (non-hydrogen) atoms. The van der Waals surface area contributed by atoms with Gasteiger partial charge >= 0.3 is 0 Å². The van der Waals surface area contributed by atoms with Crippen molar-refractivity contribution in [3.8, 4) is 0 Å². The van der Waals surface area contributed by atoms with Crippen molar-refractivity contribution in [3.05, 3.63) is 71.3 Å². The Hall–Kier alpha value is -2.62. The first-order valence-electron chi connectivity index (χ1n) is 9.85. The summed E-state index contributed by atoms with van der Waals surface area (Å²) in [6, 6.07) is 17.3. The van der Waals surface area contributed by atoms with Gasteiger partial charge in [-0.05, 0) is 61.4 Å². The lowest BCUT2D eigenvalue weighted by atomic mass is 9.99. The summed E-state index contributed by atoms with van der Waals surface area (Å²) in [4.78, 5) is 26.8. The third-order valence-electron chi connectivity index (χ3n) is 5.11. The lowest BCUT2D eigenvalue weighted by Crippen LogP contribution is -2.39. The van der Waals surface area contributed by atoms with Gasteiger partial charge in [0.05, 0.1) is 0 Å². The van der Waals surface area contributed by atoms with E-state index in [2.05, 4.69) is 24.4 Å². The molecule has 3 rings (SSSR count). The maximum atomic E-state index is 12.6. The average Bonchev–Trinajstić information content (AvgIpc) is 2.71. The number of hydrogen-bond acceptors (Lipinski definition) is 2. The predicted molar refractivity (Wildman–Crippen MR) is 108 cm³/mol. The predicted octanol–water partition coefficient (Wildman–Crippen LogP) is 3.92. The molecule has 1 heterocycles. The summed E-state index contributed by atoms with van der Waals surface area (Å²) in [7, 11) is 0. The van der Waals surface area contributed by atoms with E-state index in [9.17, 15) is 9.59 Å². The number of carbonyl (C=O) groups excluding carboxylic acids is 2. The van der Waals surface area contributed by atoms with Crippen LogP contribution in [0, 0.1) is 5.92 Å². The summed E-state index contributed by atoms with van der Waals surface area (Å²) >= 11 is 0. The van der Waals surface area contributed by atoms with E-state index in [1.807, 2.05) is 23.1 Å². The average molecular weight is 364 g/mol. The first kappa shape index (κ1) is 19.2. The fourth-order valence-electron chi connectivity index (χ4n) is 3.56. The molecule has 4 nitrogen and oxygen atoms in total. The second kappa shape index (κ2) is 9.36. The highest BCUT2D eigenvalue weighted by Gasteiger charge is 2.22. The zero-order valence-corrected chi connectivity index (χ0v) is 16.0. The minimum atomic E-state index is -0.0892. The van der Waals surface area contributed by atoms with Gasteiger partial charge in [0.2, 0.25) is 0 Å². The molecule has 2 aromatic rings. The van der Waals surface area contributed by atoms with Crippen molar-refractivity contribution >= 4 is 11.8 Å². The number of hydrogen-bond donors (Lipinski definition) is 1. The van der Waals surface area contributed by atoms with Crippen LogP contribution in [0.4, 0.5) is 0 Å². The van der Waals surface area contributed by atoms with E-state index in [1.54, 1.807) is 24.3 Å². The van der Waals surface area contributed by atoms with Crippen LogP contribution in [0.15, 0.2) is 54.6 Å². The second-order valence-electron chi connectivity index (χ2n) is 7.42. The first-order chi connectivity index (χ1) is 13.1. The molecule has 1 atom stereocenters. The number of benzene rings is 2. The van der Waals surface area contributed by atoms with Gasteiger partial charge in [0.1, 0.15) is 0 Å². The van der Waals surface area contributed by atoms with Crippen LogP contribution in [-0.4, -0.2) is 36.3 Å². The van der Waals surface area contributed by atoms with Gasteiger partial charge in [-0.25, -0.2) is 0 Å². The van der Waals surface area contributed by atoms with Crippen LogP contribution < -0.4 is 5.32 Å². The minimum Gasteiger partial charge on any atom is -0.352 e. The molecule has 1 unspecified atom stereocenters. The Morgan fingerprint density at radius 2 is 1.74 bits per heavy atom. The summed E-state index contributed by atoms with van der Waals surface area (Å²) in [5.74, 6) is 0.536. The Labute approximate surface area is 161 Å². The molecule has 0 saturated carbocycles. The van der Waals surface area contributed by atoms with Crippen LogP contribution in [-0.2, 0) is 6.42 Å². The molecule has 1 aliphatic heterocycles.